The Morgan fingerprint density at radius 1 is 1.00 bits per heavy atom. The van der Waals surface area contributed by atoms with Crippen LogP contribution in [0.3, 0.4) is 0 Å². The van der Waals surface area contributed by atoms with Crippen LogP contribution in [0.5, 0.6) is 0 Å². The first-order valence-corrected chi connectivity index (χ1v) is 10.4. The summed E-state index contributed by atoms with van der Waals surface area (Å²) >= 11 is 0.854. The zero-order valence-electron chi connectivity index (χ0n) is 14.1. The third-order valence-corrected chi connectivity index (χ3v) is 6.82. The van der Waals surface area contributed by atoms with Crippen molar-refractivity contribution in [3.8, 4) is 0 Å². The van der Waals surface area contributed by atoms with Crippen LogP contribution in [0.1, 0.15) is 18.1 Å². The molecule has 1 aliphatic heterocycles. The first kappa shape index (κ1) is 18.4. The third-order valence-electron chi connectivity index (χ3n) is 4.11. The maximum absolute atomic E-state index is 12.5. The van der Waals surface area contributed by atoms with E-state index in [-0.39, 0.29) is 10.6 Å². The SMILES string of the molecule is CC(=C1SC(=O)NC1=O)c1ccc(S(=O)(=O)CCc2ccccc2)cc1. The van der Waals surface area contributed by atoms with Crippen LogP contribution in [0.15, 0.2) is 64.4 Å². The Morgan fingerprint density at radius 3 is 2.23 bits per heavy atom. The Bertz CT molecular complexity index is 978. The summed E-state index contributed by atoms with van der Waals surface area (Å²) < 4.78 is 25.0. The summed E-state index contributed by atoms with van der Waals surface area (Å²) in [5, 5.41) is 1.82. The predicted octanol–water partition coefficient (Wildman–Crippen LogP) is 3.42. The highest BCUT2D eigenvalue weighted by atomic mass is 32.2. The van der Waals surface area contributed by atoms with Crippen LogP contribution in [0.2, 0.25) is 0 Å². The van der Waals surface area contributed by atoms with Gasteiger partial charge in [-0.05, 0) is 53.9 Å². The van der Waals surface area contributed by atoms with Gasteiger partial charge in [-0.25, -0.2) is 8.42 Å². The number of nitrogens with one attached hydrogen (secondary N) is 1. The van der Waals surface area contributed by atoms with E-state index in [0.29, 0.717) is 22.5 Å². The maximum Gasteiger partial charge on any atom is 0.290 e. The maximum atomic E-state index is 12.5. The Balaban J connectivity index is 1.77. The smallest absolute Gasteiger partial charge is 0.282 e. The molecule has 26 heavy (non-hydrogen) atoms. The largest absolute Gasteiger partial charge is 0.290 e. The van der Waals surface area contributed by atoms with Gasteiger partial charge in [0.25, 0.3) is 11.1 Å². The van der Waals surface area contributed by atoms with Gasteiger partial charge >= 0.3 is 0 Å². The van der Waals surface area contributed by atoms with Gasteiger partial charge in [-0.3, -0.25) is 14.9 Å². The Kier molecular flexibility index (Phi) is 5.29. The third kappa shape index (κ3) is 4.05. The van der Waals surface area contributed by atoms with Gasteiger partial charge in [0.2, 0.25) is 0 Å². The predicted molar refractivity (Wildman–Crippen MR) is 102 cm³/mol. The van der Waals surface area contributed by atoms with Gasteiger partial charge in [0.15, 0.2) is 9.84 Å². The number of benzene rings is 2. The Morgan fingerprint density at radius 2 is 1.65 bits per heavy atom. The van der Waals surface area contributed by atoms with Gasteiger partial charge in [-0.2, -0.15) is 0 Å². The van der Waals surface area contributed by atoms with E-state index in [9.17, 15) is 18.0 Å². The number of rotatable bonds is 5. The molecule has 1 heterocycles. The minimum Gasteiger partial charge on any atom is -0.282 e. The molecule has 2 aromatic rings. The van der Waals surface area contributed by atoms with E-state index < -0.39 is 21.0 Å². The molecule has 134 valence electrons. The quantitative estimate of drug-likeness (QED) is 0.795. The summed E-state index contributed by atoms with van der Waals surface area (Å²) in [5.74, 6) is -0.388. The first-order chi connectivity index (χ1) is 12.4. The zero-order chi connectivity index (χ0) is 18.7. The van der Waals surface area contributed by atoms with Crippen molar-refractivity contribution in [2.75, 3.05) is 5.75 Å². The van der Waals surface area contributed by atoms with Crippen molar-refractivity contribution in [2.45, 2.75) is 18.2 Å². The average molecular weight is 387 g/mol. The van der Waals surface area contributed by atoms with Crippen LogP contribution in [0.25, 0.3) is 5.57 Å². The molecule has 1 aliphatic rings. The molecule has 0 spiro atoms. The lowest BCUT2D eigenvalue weighted by molar-refractivity contribution is -0.115. The van der Waals surface area contributed by atoms with Crippen LogP contribution < -0.4 is 5.32 Å². The van der Waals surface area contributed by atoms with Crippen LogP contribution in [0, 0.1) is 0 Å². The topological polar surface area (TPSA) is 80.3 Å². The fourth-order valence-corrected chi connectivity index (χ4v) is 4.65. The molecule has 1 saturated heterocycles. The highest BCUT2D eigenvalue weighted by Crippen LogP contribution is 2.31. The summed E-state index contributed by atoms with van der Waals surface area (Å²) in [7, 11) is -3.39. The van der Waals surface area contributed by atoms with Gasteiger partial charge in [0.05, 0.1) is 15.6 Å². The van der Waals surface area contributed by atoms with Crippen LogP contribution in [0.4, 0.5) is 4.79 Å². The van der Waals surface area contributed by atoms with Crippen molar-refractivity contribution in [1.82, 2.24) is 5.32 Å². The van der Waals surface area contributed by atoms with Gasteiger partial charge in [0, 0.05) is 0 Å². The van der Waals surface area contributed by atoms with E-state index in [4.69, 9.17) is 0 Å². The lowest BCUT2D eigenvalue weighted by Gasteiger charge is -2.08. The monoisotopic (exact) mass is 387 g/mol. The summed E-state index contributed by atoms with van der Waals surface area (Å²) in [4.78, 5) is 23.6. The number of aryl methyl sites for hydroxylation is 1. The molecule has 0 bridgehead atoms. The lowest BCUT2D eigenvalue weighted by Crippen LogP contribution is -2.18. The van der Waals surface area contributed by atoms with E-state index in [1.165, 1.54) is 0 Å². The van der Waals surface area contributed by atoms with Crippen LogP contribution >= 0.6 is 11.8 Å². The van der Waals surface area contributed by atoms with Gasteiger partial charge < -0.3 is 0 Å². The number of carbonyl (C=O) groups is 2. The number of thioether (sulfide) groups is 1. The molecule has 1 fully saturated rings. The Hall–Kier alpha value is -2.38. The van der Waals surface area contributed by atoms with Gasteiger partial charge in [-0.15, -0.1) is 0 Å². The molecule has 0 radical (unpaired) electrons. The van der Waals surface area contributed by atoms with Crippen molar-refractivity contribution in [3.63, 3.8) is 0 Å². The minimum absolute atomic E-state index is 0.0309. The number of hydrogen-bond acceptors (Lipinski definition) is 5. The molecule has 0 aromatic heterocycles. The molecule has 0 saturated carbocycles. The molecule has 3 rings (SSSR count). The number of carbonyl (C=O) groups excluding carboxylic acids is 2. The number of hydrogen-bond donors (Lipinski definition) is 1. The summed E-state index contributed by atoms with van der Waals surface area (Å²) in [6.07, 6.45) is 0.451. The Labute approximate surface area is 156 Å². The van der Waals surface area contributed by atoms with Crippen LogP contribution in [-0.4, -0.2) is 25.3 Å². The zero-order valence-corrected chi connectivity index (χ0v) is 15.7. The second kappa shape index (κ2) is 7.47. The first-order valence-electron chi connectivity index (χ1n) is 7.98. The number of sulfone groups is 1. The summed E-state index contributed by atoms with van der Waals surface area (Å²) in [6.45, 7) is 1.74. The highest BCUT2D eigenvalue weighted by Gasteiger charge is 2.27. The fourth-order valence-electron chi connectivity index (χ4n) is 2.62. The molecule has 0 atom stereocenters. The van der Waals surface area contributed by atoms with E-state index in [0.717, 1.165) is 17.3 Å². The number of allylic oxidation sites excluding steroid dienone is 1. The second-order valence-corrected chi connectivity index (χ2v) is 8.97. The second-order valence-electron chi connectivity index (χ2n) is 5.88. The summed E-state index contributed by atoms with van der Waals surface area (Å²) in [6, 6.07) is 15.9. The fraction of sp³-hybridized carbons (Fsp3) is 0.158. The average Bonchev–Trinajstić information content (AvgIpc) is 2.98. The minimum atomic E-state index is -3.39. The molecule has 1 N–H and O–H groups in total. The number of imide groups is 1. The van der Waals surface area contributed by atoms with Gasteiger partial charge in [0.1, 0.15) is 0 Å². The normalized spacial score (nSPS) is 16.5. The van der Waals surface area contributed by atoms with Crippen molar-refractivity contribution >= 4 is 38.3 Å². The van der Waals surface area contributed by atoms with Crippen molar-refractivity contribution in [1.29, 1.82) is 0 Å². The molecule has 5 nitrogen and oxygen atoms in total. The molecule has 0 aliphatic carbocycles. The molecule has 2 aromatic carbocycles. The lowest BCUT2D eigenvalue weighted by atomic mass is 10.1. The molecule has 2 amide bonds. The molecule has 7 heteroatoms. The number of amides is 2. The van der Waals surface area contributed by atoms with Gasteiger partial charge in [-0.1, -0.05) is 42.5 Å². The van der Waals surface area contributed by atoms with Crippen LogP contribution in [-0.2, 0) is 21.1 Å². The summed E-state index contributed by atoms with van der Waals surface area (Å²) in [5.41, 5.74) is 2.33. The van der Waals surface area contributed by atoms with E-state index in [1.54, 1.807) is 31.2 Å². The van der Waals surface area contributed by atoms with Crippen molar-refractivity contribution in [3.05, 3.63) is 70.6 Å². The van der Waals surface area contributed by atoms with Crippen molar-refractivity contribution < 1.29 is 18.0 Å². The standard InChI is InChI=1S/C19H17NO4S2/c1-13(17-18(21)20-19(22)25-17)15-7-9-16(10-8-15)26(23,24)12-11-14-5-3-2-4-6-14/h2-10H,11-12H2,1H3,(H,20,21,22). The van der Waals surface area contributed by atoms with Crippen molar-refractivity contribution in [2.24, 2.45) is 0 Å². The van der Waals surface area contributed by atoms with E-state index in [1.807, 2.05) is 30.3 Å². The molecular formula is C19H17NO4S2. The van der Waals surface area contributed by atoms with E-state index in [2.05, 4.69) is 5.32 Å². The highest BCUT2D eigenvalue weighted by molar-refractivity contribution is 8.18. The molecular weight excluding hydrogens is 370 g/mol. The molecule has 0 unspecified atom stereocenters. The van der Waals surface area contributed by atoms with E-state index >= 15 is 0 Å².